The van der Waals surface area contributed by atoms with E-state index in [4.69, 9.17) is 16.3 Å². The summed E-state index contributed by atoms with van der Waals surface area (Å²) in [6.45, 7) is 3.83. The monoisotopic (exact) mass is 477 g/mol. The lowest BCUT2D eigenvalue weighted by Gasteiger charge is -2.22. The lowest BCUT2D eigenvalue weighted by molar-refractivity contribution is 0.322. The Morgan fingerprint density at radius 2 is 2.24 bits per heavy atom. The van der Waals surface area contributed by atoms with Crippen molar-refractivity contribution in [2.24, 2.45) is 12.0 Å². The first-order valence-corrected chi connectivity index (χ1v) is 8.22. The number of hydrogen-bond acceptors (Lipinski definition) is 3. The quantitative estimate of drug-likeness (QED) is 0.394. The largest absolute Gasteiger partial charge is 0.478 e. The number of nitrogens with zero attached hydrogens (tertiary/aromatic N) is 4. The molecule has 2 heterocycles. The topological polar surface area (TPSA) is 54.7 Å². The molecule has 0 unspecified atom stereocenters. The van der Waals surface area contributed by atoms with Crippen molar-refractivity contribution in [2.75, 3.05) is 20.7 Å². The predicted octanol–water partition coefficient (Wildman–Crippen LogP) is 3.30. The van der Waals surface area contributed by atoms with Crippen molar-refractivity contribution in [3.8, 4) is 5.88 Å². The molecule has 0 fully saturated rings. The van der Waals surface area contributed by atoms with E-state index in [0.29, 0.717) is 25.6 Å². The highest BCUT2D eigenvalue weighted by molar-refractivity contribution is 14.0. The van der Waals surface area contributed by atoms with Crippen molar-refractivity contribution < 1.29 is 4.74 Å². The minimum absolute atomic E-state index is 0. The highest BCUT2D eigenvalue weighted by Gasteiger charge is 2.11. The lowest BCUT2D eigenvalue weighted by Crippen LogP contribution is -2.38. The summed E-state index contributed by atoms with van der Waals surface area (Å²) in [5.41, 5.74) is 2.11. The van der Waals surface area contributed by atoms with Crippen LogP contribution >= 0.6 is 35.6 Å². The van der Waals surface area contributed by atoms with E-state index in [2.05, 4.69) is 15.3 Å². The van der Waals surface area contributed by atoms with E-state index in [1.54, 1.807) is 13.2 Å². The molecule has 2 aromatic heterocycles. The summed E-state index contributed by atoms with van der Waals surface area (Å²) in [5, 5.41) is 4.08. The minimum atomic E-state index is 0. The SMILES string of the molecule is CCOc1ncccc1CNC(=NC)N(C)Cc1cc(Cl)cn1C.I. The van der Waals surface area contributed by atoms with Crippen LogP contribution in [0.25, 0.3) is 0 Å². The molecule has 0 aromatic carbocycles. The van der Waals surface area contributed by atoms with Crippen molar-refractivity contribution in [1.82, 2.24) is 19.8 Å². The van der Waals surface area contributed by atoms with Crippen LogP contribution in [-0.4, -0.2) is 41.1 Å². The summed E-state index contributed by atoms with van der Waals surface area (Å²) >= 11 is 6.04. The first-order chi connectivity index (χ1) is 11.5. The normalized spacial score (nSPS) is 11.0. The maximum Gasteiger partial charge on any atom is 0.218 e. The number of hydrogen-bond donors (Lipinski definition) is 1. The van der Waals surface area contributed by atoms with Crippen molar-refractivity contribution in [3.63, 3.8) is 0 Å². The number of ether oxygens (including phenoxy) is 1. The zero-order valence-electron chi connectivity index (χ0n) is 15.0. The first-order valence-electron chi connectivity index (χ1n) is 7.84. The van der Waals surface area contributed by atoms with E-state index in [-0.39, 0.29) is 24.0 Å². The van der Waals surface area contributed by atoms with Crippen molar-refractivity contribution in [3.05, 3.63) is 46.9 Å². The number of nitrogens with one attached hydrogen (secondary N) is 1. The lowest BCUT2D eigenvalue weighted by atomic mass is 10.2. The number of pyridine rings is 1. The van der Waals surface area contributed by atoms with E-state index in [1.807, 2.05) is 54.9 Å². The smallest absolute Gasteiger partial charge is 0.218 e. The van der Waals surface area contributed by atoms with Gasteiger partial charge in [0.15, 0.2) is 5.96 Å². The van der Waals surface area contributed by atoms with Crippen LogP contribution in [0.1, 0.15) is 18.2 Å². The van der Waals surface area contributed by atoms with Crippen LogP contribution in [0, 0.1) is 0 Å². The average Bonchev–Trinajstić information content (AvgIpc) is 2.87. The van der Waals surface area contributed by atoms with Crippen LogP contribution in [0.2, 0.25) is 5.02 Å². The summed E-state index contributed by atoms with van der Waals surface area (Å²) in [6.07, 6.45) is 3.62. The number of halogens is 2. The van der Waals surface area contributed by atoms with Gasteiger partial charge in [-0.2, -0.15) is 0 Å². The Morgan fingerprint density at radius 3 is 2.84 bits per heavy atom. The van der Waals surface area contributed by atoms with Gasteiger partial charge in [0, 0.05) is 51.3 Å². The van der Waals surface area contributed by atoms with Crippen LogP contribution in [0.15, 0.2) is 35.6 Å². The summed E-state index contributed by atoms with van der Waals surface area (Å²) in [7, 11) is 5.74. The van der Waals surface area contributed by atoms with E-state index in [0.717, 1.165) is 22.2 Å². The van der Waals surface area contributed by atoms with Gasteiger partial charge >= 0.3 is 0 Å². The second-order valence-electron chi connectivity index (χ2n) is 5.42. The number of guanidine groups is 1. The van der Waals surface area contributed by atoms with Gasteiger partial charge in [0.25, 0.3) is 0 Å². The Balaban J connectivity index is 0.00000312. The molecule has 6 nitrogen and oxygen atoms in total. The molecule has 0 spiro atoms. The van der Waals surface area contributed by atoms with Gasteiger partial charge in [-0.1, -0.05) is 17.7 Å². The molecule has 0 aliphatic heterocycles. The minimum Gasteiger partial charge on any atom is -0.478 e. The summed E-state index contributed by atoms with van der Waals surface area (Å²) in [4.78, 5) is 10.6. The predicted molar refractivity (Wildman–Crippen MR) is 113 cm³/mol. The van der Waals surface area contributed by atoms with Gasteiger partial charge < -0.3 is 19.5 Å². The average molecular weight is 478 g/mol. The van der Waals surface area contributed by atoms with Crippen LogP contribution in [0.4, 0.5) is 0 Å². The third kappa shape index (κ3) is 6.07. The number of aromatic nitrogens is 2. The Bertz CT molecular complexity index is 704. The van der Waals surface area contributed by atoms with E-state index in [9.17, 15) is 0 Å². The summed E-state index contributed by atoms with van der Waals surface area (Å²) in [5.74, 6) is 1.44. The maximum absolute atomic E-state index is 6.04. The van der Waals surface area contributed by atoms with E-state index < -0.39 is 0 Å². The van der Waals surface area contributed by atoms with Gasteiger partial charge in [-0.05, 0) is 19.1 Å². The Hall–Kier alpha value is -1.48. The van der Waals surface area contributed by atoms with Gasteiger partial charge in [0.1, 0.15) is 0 Å². The standard InChI is InChI=1S/C17H24ClN5O.HI/c1-5-24-16-13(7-6-8-20-16)10-21-17(19-2)23(4)12-15-9-14(18)11-22(15)3;/h6-9,11H,5,10,12H2,1-4H3,(H,19,21);1H. The fourth-order valence-electron chi connectivity index (χ4n) is 2.43. The van der Waals surface area contributed by atoms with Crippen molar-refractivity contribution in [1.29, 1.82) is 0 Å². The maximum atomic E-state index is 6.04. The molecule has 0 amide bonds. The van der Waals surface area contributed by atoms with Gasteiger partial charge in [0.05, 0.1) is 18.2 Å². The van der Waals surface area contributed by atoms with Gasteiger partial charge in [-0.25, -0.2) is 4.98 Å². The van der Waals surface area contributed by atoms with Gasteiger partial charge in [-0.3, -0.25) is 4.99 Å². The zero-order valence-corrected chi connectivity index (χ0v) is 18.1. The third-order valence-corrected chi connectivity index (χ3v) is 3.82. The molecule has 138 valence electrons. The molecule has 0 saturated carbocycles. The first kappa shape index (κ1) is 21.6. The number of rotatable bonds is 6. The van der Waals surface area contributed by atoms with Crippen molar-refractivity contribution in [2.45, 2.75) is 20.0 Å². The van der Waals surface area contributed by atoms with Crippen LogP contribution in [0.5, 0.6) is 5.88 Å². The molecular formula is C17H25ClIN5O. The molecular weight excluding hydrogens is 453 g/mol. The molecule has 1 N–H and O–H groups in total. The van der Waals surface area contributed by atoms with Crippen LogP contribution < -0.4 is 10.1 Å². The molecule has 0 atom stereocenters. The molecule has 8 heteroatoms. The third-order valence-electron chi connectivity index (χ3n) is 3.62. The number of aryl methyl sites for hydroxylation is 1. The van der Waals surface area contributed by atoms with E-state index in [1.165, 1.54) is 0 Å². The summed E-state index contributed by atoms with van der Waals surface area (Å²) < 4.78 is 7.57. The molecule has 0 bridgehead atoms. The Kier molecular flexibility index (Phi) is 9.05. The second-order valence-corrected chi connectivity index (χ2v) is 5.85. The highest BCUT2D eigenvalue weighted by Crippen LogP contribution is 2.15. The van der Waals surface area contributed by atoms with Gasteiger partial charge in [0.2, 0.25) is 5.88 Å². The number of aliphatic imine (C=N–C) groups is 1. The molecule has 0 radical (unpaired) electrons. The summed E-state index contributed by atoms with van der Waals surface area (Å²) in [6, 6.07) is 5.85. The molecule has 2 aromatic rings. The molecule has 0 saturated heterocycles. The zero-order chi connectivity index (χ0) is 17.5. The van der Waals surface area contributed by atoms with E-state index >= 15 is 0 Å². The Labute approximate surface area is 171 Å². The molecule has 0 aliphatic carbocycles. The highest BCUT2D eigenvalue weighted by atomic mass is 127. The fourth-order valence-corrected chi connectivity index (χ4v) is 2.70. The molecule has 25 heavy (non-hydrogen) atoms. The van der Waals surface area contributed by atoms with Crippen LogP contribution in [-0.2, 0) is 20.1 Å². The second kappa shape index (κ2) is 10.5. The fraction of sp³-hybridized carbons (Fsp3) is 0.412. The molecule has 0 aliphatic rings. The van der Waals surface area contributed by atoms with Crippen molar-refractivity contribution >= 4 is 41.5 Å². The Morgan fingerprint density at radius 1 is 1.48 bits per heavy atom. The van der Waals surface area contributed by atoms with Gasteiger partial charge in [-0.15, -0.1) is 24.0 Å². The van der Waals surface area contributed by atoms with Crippen LogP contribution in [0.3, 0.4) is 0 Å². The molecule has 2 rings (SSSR count).